The van der Waals surface area contributed by atoms with Gasteiger partial charge in [-0.3, -0.25) is 4.90 Å². The zero-order valence-corrected chi connectivity index (χ0v) is 79.2. The Morgan fingerprint density at radius 2 is 0.883 bits per heavy atom. The highest BCUT2D eigenvalue weighted by atomic mass is 28.5. The Balaban J connectivity index is -0.0000000433. The minimum atomic E-state index is -2.27. The molecule has 4 unspecified atom stereocenters. The maximum Gasteiger partial charge on any atom is 0.349 e. The fourth-order valence-electron chi connectivity index (χ4n) is 7.60. The van der Waals surface area contributed by atoms with Crippen molar-refractivity contribution in [2.75, 3.05) is 106 Å². The quantitative estimate of drug-likeness (QED) is 0.0168. The predicted octanol–water partition coefficient (Wildman–Crippen LogP) is 18.5. The summed E-state index contributed by atoms with van der Waals surface area (Å²) >= 11 is 0. The molecule has 0 spiro atoms. The largest absolute Gasteiger partial charge is 0.456 e. The lowest BCUT2D eigenvalue weighted by Crippen LogP contribution is -2.69. The molecule has 0 aromatic carbocycles. The molecule has 34 heteroatoms. The lowest BCUT2D eigenvalue weighted by Gasteiger charge is -2.51. The summed E-state index contributed by atoms with van der Waals surface area (Å²) in [5.74, 6) is 0. The number of ether oxygens (including phenoxy) is 4. The van der Waals surface area contributed by atoms with Gasteiger partial charge in [0.25, 0.3) is 0 Å². The number of hydrogen-bond donors (Lipinski definition) is 9. The minimum absolute atomic E-state index is 0. The van der Waals surface area contributed by atoms with Crippen molar-refractivity contribution in [1.29, 1.82) is 0 Å². The lowest BCUT2D eigenvalue weighted by molar-refractivity contribution is -0.0268. The summed E-state index contributed by atoms with van der Waals surface area (Å²) in [6.07, 6.45) is 3.18. The van der Waals surface area contributed by atoms with Gasteiger partial charge in [0.1, 0.15) is 6.79 Å². The van der Waals surface area contributed by atoms with Crippen LogP contribution in [-0.4, -0.2) is 259 Å². The van der Waals surface area contributed by atoms with E-state index in [1.165, 1.54) is 0 Å². The Bertz CT molecular complexity index is 1500. The van der Waals surface area contributed by atoms with Crippen molar-refractivity contribution in [3.63, 3.8) is 0 Å². The summed E-state index contributed by atoms with van der Waals surface area (Å²) in [5.41, 5.74) is 5.45. The molecule has 0 aliphatic carbocycles. The zero-order valence-electron chi connectivity index (χ0n) is 66.9. The second-order valence-electron chi connectivity index (χ2n) is 28.6. The summed E-state index contributed by atoms with van der Waals surface area (Å²) in [6.45, 7) is 82.1. The molecule has 103 heavy (non-hydrogen) atoms. The van der Waals surface area contributed by atoms with Gasteiger partial charge in [-0.05, 0) is 235 Å². The molecule has 658 valence electrons. The van der Waals surface area contributed by atoms with Crippen LogP contribution in [0.25, 0.3) is 0 Å². The lowest BCUT2D eigenvalue weighted by atomic mass is 10.5. The summed E-state index contributed by atoms with van der Waals surface area (Å²) < 4.78 is 65.4. The highest BCUT2D eigenvalue weighted by molar-refractivity contribution is 6.91. The third kappa shape index (κ3) is 139. The molecule has 0 aromatic rings. The van der Waals surface area contributed by atoms with Crippen LogP contribution in [0.2, 0.25) is 188 Å². The van der Waals surface area contributed by atoms with Crippen molar-refractivity contribution in [2.45, 2.75) is 357 Å². The van der Waals surface area contributed by atoms with E-state index >= 15 is 0 Å². The molecule has 2 rings (SSSR count). The smallest absolute Gasteiger partial charge is 0.349 e. The van der Waals surface area contributed by atoms with Crippen LogP contribution < -0.4 is 11.1 Å². The van der Waals surface area contributed by atoms with E-state index in [1.54, 1.807) is 0 Å². The molecular formula is C69H206N4O18Si12. The van der Waals surface area contributed by atoms with Gasteiger partial charge < -0.3 is 93.9 Å². The third-order valence-corrected chi connectivity index (χ3v) is 42.2. The van der Waals surface area contributed by atoms with Gasteiger partial charge in [0.15, 0.2) is 67.3 Å². The predicted molar refractivity (Wildman–Crippen MR) is 498 cm³/mol. The van der Waals surface area contributed by atoms with E-state index < -0.39 is 102 Å². The Labute approximate surface area is 665 Å². The van der Waals surface area contributed by atoms with Crippen LogP contribution in [0.4, 0.5) is 0 Å². The molecule has 22 nitrogen and oxygen atoms in total. The van der Waals surface area contributed by atoms with E-state index in [0.29, 0.717) is 13.2 Å². The number of rotatable bonds is 33. The standard InChI is InChI=1S/C13H34O4Si4.C13H36O4Si4.C6H18N2OSi.C6H18OSi2.C5H11NO2.C3H9NO3.C3H8O2.C3H10OSi.3C2H6.11CH4/c1-10-14-13-11-12-21(13,16-19(5,6)7)17-20(8,9)15-18(2,3)4;1-10-14-12-11-13-18(15-19(2,3)4)16-21(8,9)17-20(5,6)7;1-10(9)6-2-4-8-5-3-7;1-8(2,3)7-9(4,5)6;7-5-6-1-3-8-4-2-6;5-1-4(2-6)3-7;1-2-5-3-4;1-5(2,3)4;3*1-2;;;;;;;;;;;/h13H,10-12H2,1-9H3;18H,10-13H2,1-9H3;8-10H,2-7H2,1H3;1-6H3;7H,1-5H2;5-7H,1-3H2;4H,2-3H2,1H3;4H,1-3H3;3*1-2H3;11*1H4. The van der Waals surface area contributed by atoms with Crippen LogP contribution in [0.5, 0.6) is 0 Å². The van der Waals surface area contributed by atoms with Crippen LogP contribution >= 0.6 is 0 Å². The maximum absolute atomic E-state index is 9.00. The van der Waals surface area contributed by atoms with Gasteiger partial charge in [0, 0.05) is 52.6 Å². The highest BCUT2D eigenvalue weighted by Crippen LogP contribution is 2.41. The maximum atomic E-state index is 9.00. The van der Waals surface area contributed by atoms with Gasteiger partial charge in [-0.1, -0.05) is 123 Å². The Morgan fingerprint density at radius 3 is 1.12 bits per heavy atom. The average molecular weight is 1720 g/mol. The highest BCUT2D eigenvalue weighted by Gasteiger charge is 2.59. The average Bonchev–Trinajstić information content (AvgIpc) is 0.757. The number of morpholine rings is 1. The minimum Gasteiger partial charge on any atom is -0.456 e. The normalized spacial score (nSPS) is 15.0. The molecule has 2 saturated heterocycles. The number of hydrogen-bond acceptors (Lipinski definition) is 22. The molecule has 0 aromatic heterocycles. The summed E-state index contributed by atoms with van der Waals surface area (Å²) in [5, 5.41) is 44.0. The van der Waals surface area contributed by atoms with Gasteiger partial charge in [-0.2, -0.15) is 0 Å². The molecule has 0 bridgehead atoms. The molecule has 0 radical (unpaired) electrons. The van der Waals surface area contributed by atoms with Gasteiger partial charge in [-0.25, -0.2) is 4.90 Å². The first kappa shape index (κ1) is 157. The number of nitrogens with zero attached hydrogens (tertiary/aromatic N) is 2. The van der Waals surface area contributed by atoms with Crippen LogP contribution in [0.3, 0.4) is 0 Å². The fourth-order valence-corrected chi connectivity index (χ4v) is 47.8. The number of aliphatic hydroxyl groups excluding tert-OH is 5. The van der Waals surface area contributed by atoms with Gasteiger partial charge in [0.05, 0.1) is 45.9 Å². The van der Waals surface area contributed by atoms with Crippen LogP contribution in [0.15, 0.2) is 0 Å². The van der Waals surface area contributed by atoms with Crippen molar-refractivity contribution in [3.05, 3.63) is 0 Å². The number of aliphatic hydroxyl groups is 5. The first-order valence-corrected chi connectivity index (χ1v) is 70.2. The van der Waals surface area contributed by atoms with Crippen molar-refractivity contribution in [1.82, 2.24) is 15.1 Å². The topological polar surface area (TPSA) is 288 Å². The van der Waals surface area contributed by atoms with Crippen LogP contribution in [0, 0.1) is 0 Å². The Morgan fingerprint density at radius 1 is 0.505 bits per heavy atom. The second kappa shape index (κ2) is 89.3. The zero-order chi connectivity index (χ0) is 74.9. The molecule has 10 N–H and O–H groups in total. The first-order chi connectivity index (χ1) is 41.8. The Hall–Kier alpha value is 1.72. The molecule has 2 fully saturated rings. The van der Waals surface area contributed by atoms with Crippen molar-refractivity contribution < 1.29 is 82.9 Å². The van der Waals surface area contributed by atoms with Gasteiger partial charge in [-0.15, -0.1) is 0 Å². The summed E-state index contributed by atoms with van der Waals surface area (Å²) in [7, 11) is -20.0. The molecular weight excluding hydrogens is 1510 g/mol. The first-order valence-electron chi connectivity index (χ1n) is 34.3. The van der Waals surface area contributed by atoms with E-state index in [9.17, 15) is 0 Å². The second-order valence-corrected chi connectivity index (χ2v) is 76.3. The summed E-state index contributed by atoms with van der Waals surface area (Å²) in [4.78, 5) is 20.6. The van der Waals surface area contributed by atoms with Gasteiger partial charge >= 0.3 is 35.0 Å². The van der Waals surface area contributed by atoms with Crippen molar-refractivity contribution in [3.8, 4) is 0 Å². The fraction of sp³-hybridized carbons (Fsp3) is 1.00. The molecule has 0 saturated carbocycles. The monoisotopic (exact) mass is 1720 g/mol. The van der Waals surface area contributed by atoms with Crippen LogP contribution in [-0.2, 0) is 47.8 Å². The van der Waals surface area contributed by atoms with E-state index in [0.717, 1.165) is 102 Å². The van der Waals surface area contributed by atoms with Crippen molar-refractivity contribution in [2.24, 2.45) is 5.73 Å². The van der Waals surface area contributed by atoms with Crippen molar-refractivity contribution >= 4 is 102 Å². The molecule has 2 aliphatic rings. The summed E-state index contributed by atoms with van der Waals surface area (Å²) in [6, 6.07) is 3.07. The third-order valence-electron chi connectivity index (χ3n) is 9.56. The molecule has 2 heterocycles. The van der Waals surface area contributed by atoms with E-state index in [-0.39, 0.29) is 121 Å². The van der Waals surface area contributed by atoms with Crippen LogP contribution in [0.1, 0.15) is 163 Å². The molecule has 0 amide bonds. The van der Waals surface area contributed by atoms with E-state index in [2.05, 4.69) is 154 Å². The number of nitrogens with two attached hydrogens (primary N) is 1. The Kier molecular flexibility index (Phi) is 136. The van der Waals surface area contributed by atoms with E-state index in [4.69, 9.17) is 83.9 Å². The molecule has 2 aliphatic heterocycles. The van der Waals surface area contributed by atoms with Gasteiger partial charge in [0.2, 0.25) is 0 Å². The molecule has 4 atom stereocenters. The van der Waals surface area contributed by atoms with E-state index in [1.807, 2.05) is 93.4 Å². The SMILES string of the molecule is C.C.C.C.C.C.C.C.C.C.C.CC.CC.CC.CCOC1CC[Si]1(O[Si](C)(C)C)O[Si](C)(C)O[Si](C)(C)C.CCOCCC[SiH](O[Si](C)(C)C)O[Si](C)(C)O[Si](C)(C)C.CCOCO.C[SiH](O)CCCNCCN.C[Si](C)(C)O.C[Si](C)(C)O[Si](C)(C)C.OCN(CO)CO.OCN1CCOCC1. The number of nitrogens with one attached hydrogen (secondary N) is 1.